The molecule has 1 heterocycles. The minimum absolute atomic E-state index is 0.166. The summed E-state index contributed by atoms with van der Waals surface area (Å²) >= 11 is 8.79. The van der Waals surface area contributed by atoms with Gasteiger partial charge in [-0.2, -0.15) is 0 Å². The third kappa shape index (κ3) is 2.41. The molecule has 0 bridgehead atoms. The fraction of sp³-hybridized carbons (Fsp3) is 0.200. The highest BCUT2D eigenvalue weighted by Crippen LogP contribution is 2.25. The average Bonchev–Trinajstić information content (AvgIpc) is 2.71. The van der Waals surface area contributed by atoms with Gasteiger partial charge in [-0.1, -0.05) is 15.9 Å². The largest absolute Gasteiger partial charge is 0.421 e. The van der Waals surface area contributed by atoms with E-state index in [1.54, 1.807) is 12.1 Å². The lowest BCUT2D eigenvalue weighted by molar-refractivity contribution is 0.509. The molecular formula is C10H7BrClFN2O. The fourth-order valence-electron chi connectivity index (χ4n) is 1.21. The minimum Gasteiger partial charge on any atom is -0.421 e. The van der Waals surface area contributed by atoms with Gasteiger partial charge in [-0.15, -0.1) is 21.8 Å². The summed E-state index contributed by atoms with van der Waals surface area (Å²) in [6, 6.07) is 4.53. The second kappa shape index (κ2) is 4.93. The Bertz CT molecular complexity index is 503. The van der Waals surface area contributed by atoms with Crippen molar-refractivity contribution in [1.29, 1.82) is 0 Å². The van der Waals surface area contributed by atoms with Crippen LogP contribution in [-0.4, -0.2) is 16.1 Å². The van der Waals surface area contributed by atoms with E-state index in [1.165, 1.54) is 6.07 Å². The SMILES string of the molecule is Fc1ccc(Br)cc1-c1nnc(CCCl)o1. The van der Waals surface area contributed by atoms with Crippen molar-refractivity contribution in [1.82, 2.24) is 10.2 Å². The van der Waals surface area contributed by atoms with Crippen LogP contribution >= 0.6 is 27.5 Å². The Morgan fingerprint density at radius 1 is 1.38 bits per heavy atom. The summed E-state index contributed by atoms with van der Waals surface area (Å²) in [6.07, 6.45) is 0.476. The molecule has 0 aliphatic rings. The molecule has 0 amide bonds. The summed E-state index contributed by atoms with van der Waals surface area (Å²) in [6.45, 7) is 0. The zero-order chi connectivity index (χ0) is 11.5. The molecule has 6 heteroatoms. The number of hydrogen-bond donors (Lipinski definition) is 0. The number of rotatable bonds is 3. The molecule has 0 unspecified atom stereocenters. The van der Waals surface area contributed by atoms with Crippen LogP contribution in [0, 0.1) is 5.82 Å². The smallest absolute Gasteiger partial charge is 0.250 e. The second-order valence-corrected chi connectivity index (χ2v) is 4.36. The van der Waals surface area contributed by atoms with Gasteiger partial charge in [-0.05, 0) is 18.2 Å². The highest BCUT2D eigenvalue weighted by Gasteiger charge is 2.13. The van der Waals surface area contributed by atoms with Gasteiger partial charge >= 0.3 is 0 Å². The maximum absolute atomic E-state index is 13.5. The van der Waals surface area contributed by atoms with Gasteiger partial charge in [0.15, 0.2) is 0 Å². The maximum Gasteiger partial charge on any atom is 0.250 e. The molecule has 0 fully saturated rings. The summed E-state index contributed by atoms with van der Waals surface area (Å²) in [5, 5.41) is 7.54. The van der Waals surface area contributed by atoms with Crippen LogP contribution < -0.4 is 0 Å². The molecule has 16 heavy (non-hydrogen) atoms. The molecule has 0 saturated carbocycles. The van der Waals surface area contributed by atoms with Crippen molar-refractivity contribution in [2.45, 2.75) is 6.42 Å². The van der Waals surface area contributed by atoms with E-state index in [2.05, 4.69) is 26.1 Å². The first-order chi connectivity index (χ1) is 7.70. The summed E-state index contributed by atoms with van der Waals surface area (Å²) in [7, 11) is 0. The van der Waals surface area contributed by atoms with Gasteiger partial charge in [-0.3, -0.25) is 0 Å². The van der Waals surface area contributed by atoms with Gasteiger partial charge in [-0.25, -0.2) is 4.39 Å². The zero-order valence-electron chi connectivity index (χ0n) is 8.08. The summed E-state index contributed by atoms with van der Waals surface area (Å²) in [5.74, 6) is 0.565. The van der Waals surface area contributed by atoms with Crippen LogP contribution in [0.4, 0.5) is 4.39 Å². The predicted octanol–water partition coefficient (Wildman–Crippen LogP) is 3.42. The second-order valence-electron chi connectivity index (χ2n) is 3.06. The third-order valence-corrected chi connectivity index (χ3v) is 2.62. The van der Waals surface area contributed by atoms with Crippen molar-refractivity contribution in [2.24, 2.45) is 0 Å². The molecule has 3 nitrogen and oxygen atoms in total. The van der Waals surface area contributed by atoms with E-state index in [1.807, 2.05) is 0 Å². The Kier molecular flexibility index (Phi) is 3.56. The van der Waals surface area contributed by atoms with Crippen LogP contribution in [-0.2, 0) is 6.42 Å². The molecule has 0 spiro atoms. The summed E-state index contributed by atoms with van der Waals surface area (Å²) in [5.41, 5.74) is 0.280. The van der Waals surface area contributed by atoms with Crippen molar-refractivity contribution in [2.75, 3.05) is 5.88 Å². The third-order valence-electron chi connectivity index (χ3n) is 1.93. The van der Waals surface area contributed by atoms with Gasteiger partial charge in [0, 0.05) is 16.8 Å². The molecule has 1 aromatic carbocycles. The first-order valence-corrected chi connectivity index (χ1v) is 5.87. The number of hydrogen-bond acceptors (Lipinski definition) is 3. The lowest BCUT2D eigenvalue weighted by Crippen LogP contribution is -1.84. The molecule has 1 aromatic heterocycles. The Labute approximate surface area is 105 Å². The van der Waals surface area contributed by atoms with Crippen molar-refractivity contribution < 1.29 is 8.81 Å². The normalized spacial score (nSPS) is 10.7. The molecule has 0 aliphatic heterocycles. The highest BCUT2D eigenvalue weighted by molar-refractivity contribution is 9.10. The van der Waals surface area contributed by atoms with Crippen LogP contribution in [0.5, 0.6) is 0 Å². The van der Waals surface area contributed by atoms with E-state index >= 15 is 0 Å². The monoisotopic (exact) mass is 304 g/mol. The molecule has 0 atom stereocenters. The molecule has 2 rings (SSSR count). The summed E-state index contributed by atoms with van der Waals surface area (Å²) < 4.78 is 19.5. The Morgan fingerprint density at radius 2 is 2.19 bits per heavy atom. The molecule has 0 aliphatic carbocycles. The number of halogens is 3. The summed E-state index contributed by atoms with van der Waals surface area (Å²) in [4.78, 5) is 0. The van der Waals surface area contributed by atoms with E-state index in [9.17, 15) is 4.39 Å². The van der Waals surface area contributed by atoms with Gasteiger partial charge in [0.1, 0.15) is 5.82 Å². The highest BCUT2D eigenvalue weighted by atomic mass is 79.9. The topological polar surface area (TPSA) is 38.9 Å². The first-order valence-electron chi connectivity index (χ1n) is 4.54. The maximum atomic E-state index is 13.5. The van der Waals surface area contributed by atoms with E-state index in [-0.39, 0.29) is 11.5 Å². The van der Waals surface area contributed by atoms with Crippen LogP contribution in [0.1, 0.15) is 5.89 Å². The van der Waals surface area contributed by atoms with Gasteiger partial charge < -0.3 is 4.42 Å². The van der Waals surface area contributed by atoms with Gasteiger partial charge in [0.2, 0.25) is 5.89 Å². The van der Waals surface area contributed by atoms with Crippen molar-refractivity contribution in [3.05, 3.63) is 34.4 Å². The van der Waals surface area contributed by atoms with E-state index in [0.717, 1.165) is 4.47 Å². The Morgan fingerprint density at radius 3 is 2.94 bits per heavy atom. The lowest BCUT2D eigenvalue weighted by atomic mass is 10.2. The van der Waals surface area contributed by atoms with Crippen molar-refractivity contribution in [3.8, 4) is 11.5 Å². The van der Waals surface area contributed by atoms with Crippen LogP contribution in [0.3, 0.4) is 0 Å². The van der Waals surface area contributed by atoms with Crippen molar-refractivity contribution in [3.63, 3.8) is 0 Å². The number of benzene rings is 1. The van der Waals surface area contributed by atoms with Crippen molar-refractivity contribution >= 4 is 27.5 Å². The Balaban J connectivity index is 2.38. The van der Waals surface area contributed by atoms with Gasteiger partial charge in [0.25, 0.3) is 5.89 Å². The predicted molar refractivity (Wildman–Crippen MR) is 61.8 cm³/mol. The molecule has 0 saturated heterocycles. The standard InChI is InChI=1S/C10H7BrClFN2O/c11-6-1-2-8(13)7(5-6)10-15-14-9(16-10)3-4-12/h1-2,5H,3-4H2. The van der Waals surface area contributed by atoms with Crippen LogP contribution in [0.15, 0.2) is 27.1 Å². The van der Waals surface area contributed by atoms with E-state index in [4.69, 9.17) is 16.0 Å². The van der Waals surface area contributed by atoms with Gasteiger partial charge in [0.05, 0.1) is 5.56 Å². The molecule has 0 radical (unpaired) electrons. The number of aryl methyl sites for hydroxylation is 1. The fourth-order valence-corrected chi connectivity index (χ4v) is 1.73. The molecule has 84 valence electrons. The van der Waals surface area contributed by atoms with Crippen LogP contribution in [0.2, 0.25) is 0 Å². The average molecular weight is 306 g/mol. The lowest BCUT2D eigenvalue weighted by Gasteiger charge is -1.97. The van der Waals surface area contributed by atoms with Crippen LogP contribution in [0.25, 0.3) is 11.5 Å². The van der Waals surface area contributed by atoms with E-state index < -0.39 is 5.82 Å². The Hall–Kier alpha value is -0.940. The zero-order valence-corrected chi connectivity index (χ0v) is 10.4. The molecule has 2 aromatic rings. The van der Waals surface area contributed by atoms with E-state index in [0.29, 0.717) is 18.2 Å². The number of nitrogens with zero attached hydrogens (tertiary/aromatic N) is 2. The number of aromatic nitrogens is 2. The first kappa shape index (κ1) is 11.5. The minimum atomic E-state index is -0.399. The molecular weight excluding hydrogens is 298 g/mol. The molecule has 0 N–H and O–H groups in total. The number of alkyl halides is 1. The quantitative estimate of drug-likeness (QED) is 0.816.